The van der Waals surface area contributed by atoms with Gasteiger partial charge in [-0.2, -0.15) is 0 Å². The number of unbranched alkanes of at least 4 members (excludes halogenated alkanes) is 3. The Balaban J connectivity index is 2.07. The molecule has 0 unspecified atom stereocenters. The molecule has 174 valence electrons. The van der Waals surface area contributed by atoms with E-state index in [2.05, 4.69) is 6.92 Å². The van der Waals surface area contributed by atoms with E-state index in [9.17, 15) is 9.59 Å². The van der Waals surface area contributed by atoms with Crippen molar-refractivity contribution in [2.24, 2.45) is 0 Å². The number of hydrogen-bond acceptors (Lipinski definition) is 6. The Morgan fingerprint density at radius 1 is 0.788 bits per heavy atom. The highest BCUT2D eigenvalue weighted by molar-refractivity contribution is 6.31. The fourth-order valence-corrected chi connectivity index (χ4v) is 3.69. The van der Waals surface area contributed by atoms with E-state index < -0.39 is 5.97 Å². The third-order valence-corrected chi connectivity index (χ3v) is 5.39. The standard InChI is InChI=1S/C26H27ClO6/c1-4-5-6-10-13-21(28)32-22-19-15-14-18(27)16-20(19)23(25(31-3)24(22)30-2)33-26(29)17-11-8-7-9-12-17/h7-9,11-12,14-16H,4-6,10,13H2,1-3H3. The molecule has 0 saturated heterocycles. The molecule has 0 heterocycles. The summed E-state index contributed by atoms with van der Waals surface area (Å²) in [4.78, 5) is 25.4. The number of methoxy groups -OCH3 is 2. The Morgan fingerprint density at radius 2 is 1.45 bits per heavy atom. The van der Waals surface area contributed by atoms with E-state index in [1.165, 1.54) is 14.2 Å². The van der Waals surface area contributed by atoms with Crippen molar-refractivity contribution in [3.8, 4) is 23.0 Å². The van der Waals surface area contributed by atoms with Gasteiger partial charge in [0.1, 0.15) is 0 Å². The molecule has 0 aliphatic carbocycles. The average molecular weight is 471 g/mol. The largest absolute Gasteiger partial charge is 0.490 e. The summed E-state index contributed by atoms with van der Waals surface area (Å²) >= 11 is 6.25. The molecule has 3 aromatic rings. The lowest BCUT2D eigenvalue weighted by Gasteiger charge is -2.19. The smallest absolute Gasteiger partial charge is 0.343 e. The van der Waals surface area contributed by atoms with E-state index in [-0.39, 0.29) is 35.4 Å². The molecule has 0 atom stereocenters. The van der Waals surface area contributed by atoms with Gasteiger partial charge in [0, 0.05) is 22.2 Å². The fraction of sp³-hybridized carbons (Fsp3) is 0.308. The number of carbonyl (C=O) groups is 2. The summed E-state index contributed by atoms with van der Waals surface area (Å²) < 4.78 is 22.6. The molecule has 0 fully saturated rings. The van der Waals surface area contributed by atoms with Crippen molar-refractivity contribution in [3.05, 3.63) is 59.1 Å². The van der Waals surface area contributed by atoms with Gasteiger partial charge >= 0.3 is 11.9 Å². The van der Waals surface area contributed by atoms with Crippen molar-refractivity contribution in [2.75, 3.05) is 14.2 Å². The zero-order valence-corrected chi connectivity index (χ0v) is 19.7. The maximum atomic E-state index is 12.8. The van der Waals surface area contributed by atoms with Crippen molar-refractivity contribution in [2.45, 2.75) is 39.0 Å². The minimum absolute atomic E-state index is 0.128. The van der Waals surface area contributed by atoms with E-state index >= 15 is 0 Å². The molecule has 0 amide bonds. The summed E-state index contributed by atoms with van der Waals surface area (Å²) in [6.07, 6.45) is 4.12. The summed E-state index contributed by atoms with van der Waals surface area (Å²) in [6, 6.07) is 13.6. The fourth-order valence-electron chi connectivity index (χ4n) is 3.51. The lowest BCUT2D eigenvalue weighted by molar-refractivity contribution is -0.134. The molecule has 3 aromatic carbocycles. The van der Waals surface area contributed by atoms with Crippen LogP contribution < -0.4 is 18.9 Å². The van der Waals surface area contributed by atoms with Crippen LogP contribution in [0.1, 0.15) is 49.4 Å². The summed E-state index contributed by atoms with van der Waals surface area (Å²) in [6.45, 7) is 2.11. The molecule has 3 rings (SSSR count). The second-order valence-corrected chi connectivity index (χ2v) is 7.89. The Hall–Kier alpha value is -3.25. The summed E-state index contributed by atoms with van der Waals surface area (Å²) in [5.74, 6) is -0.338. The number of ether oxygens (including phenoxy) is 4. The molecule has 33 heavy (non-hydrogen) atoms. The molecule has 6 nitrogen and oxygen atoms in total. The van der Waals surface area contributed by atoms with Gasteiger partial charge in [-0.3, -0.25) is 4.79 Å². The number of fused-ring (bicyclic) bond motifs is 1. The average Bonchev–Trinajstić information content (AvgIpc) is 2.83. The highest BCUT2D eigenvalue weighted by Gasteiger charge is 2.27. The molecule has 0 radical (unpaired) electrons. The van der Waals surface area contributed by atoms with Gasteiger partial charge < -0.3 is 18.9 Å². The second kappa shape index (κ2) is 11.6. The number of esters is 2. The maximum absolute atomic E-state index is 12.8. The number of rotatable bonds is 10. The zero-order chi connectivity index (χ0) is 23.8. The van der Waals surface area contributed by atoms with E-state index in [1.54, 1.807) is 48.5 Å². The zero-order valence-electron chi connectivity index (χ0n) is 19.0. The monoisotopic (exact) mass is 470 g/mol. The summed E-state index contributed by atoms with van der Waals surface area (Å²) in [5.41, 5.74) is 0.372. The van der Waals surface area contributed by atoms with Crippen LogP contribution in [0, 0.1) is 0 Å². The van der Waals surface area contributed by atoms with Crippen LogP contribution in [0.15, 0.2) is 48.5 Å². The van der Waals surface area contributed by atoms with E-state index in [1.807, 2.05) is 0 Å². The first-order chi connectivity index (χ1) is 16.0. The molecule has 0 aliphatic heterocycles. The number of carbonyl (C=O) groups excluding carboxylic acids is 2. The van der Waals surface area contributed by atoms with Gasteiger partial charge in [0.15, 0.2) is 11.5 Å². The van der Waals surface area contributed by atoms with Gasteiger partial charge in [-0.15, -0.1) is 0 Å². The van der Waals surface area contributed by atoms with E-state index in [4.69, 9.17) is 30.5 Å². The van der Waals surface area contributed by atoms with Crippen LogP contribution in [0.5, 0.6) is 23.0 Å². The van der Waals surface area contributed by atoms with Crippen molar-refractivity contribution in [1.29, 1.82) is 0 Å². The van der Waals surface area contributed by atoms with Crippen LogP contribution in [0.3, 0.4) is 0 Å². The van der Waals surface area contributed by atoms with E-state index in [0.29, 0.717) is 21.4 Å². The third kappa shape index (κ3) is 5.76. The molecule has 0 spiro atoms. The maximum Gasteiger partial charge on any atom is 0.343 e. The van der Waals surface area contributed by atoms with E-state index in [0.717, 1.165) is 25.7 Å². The first-order valence-electron chi connectivity index (χ1n) is 10.8. The SMILES string of the molecule is CCCCCCC(=O)Oc1c(OC)c(OC)c(OC(=O)c2ccccc2)c2cc(Cl)ccc12. The van der Waals surface area contributed by atoms with Gasteiger partial charge in [-0.25, -0.2) is 4.79 Å². The van der Waals surface area contributed by atoms with Crippen LogP contribution in [0.2, 0.25) is 5.02 Å². The van der Waals surface area contributed by atoms with Crippen molar-refractivity contribution in [1.82, 2.24) is 0 Å². The molecule has 0 N–H and O–H groups in total. The minimum atomic E-state index is -0.571. The third-order valence-electron chi connectivity index (χ3n) is 5.15. The molecule has 0 aromatic heterocycles. The molecular formula is C26H27ClO6. The Kier molecular flexibility index (Phi) is 8.55. The molecule has 7 heteroatoms. The van der Waals surface area contributed by atoms with Crippen LogP contribution in [0.4, 0.5) is 0 Å². The van der Waals surface area contributed by atoms with Gasteiger partial charge in [-0.05, 0) is 36.8 Å². The molecular weight excluding hydrogens is 444 g/mol. The van der Waals surface area contributed by atoms with Gasteiger partial charge in [-0.1, -0.05) is 56.0 Å². The Labute approximate surface area is 198 Å². The second-order valence-electron chi connectivity index (χ2n) is 7.45. The molecule has 0 saturated carbocycles. The molecule has 0 aliphatic rings. The Morgan fingerprint density at radius 3 is 2.09 bits per heavy atom. The predicted octanol–water partition coefficient (Wildman–Crippen LogP) is 6.61. The van der Waals surface area contributed by atoms with Crippen LogP contribution in [-0.2, 0) is 4.79 Å². The molecule has 0 bridgehead atoms. The predicted molar refractivity (Wildman–Crippen MR) is 128 cm³/mol. The first kappa shape index (κ1) is 24.4. The summed E-state index contributed by atoms with van der Waals surface area (Å²) in [5, 5.41) is 1.39. The van der Waals surface area contributed by atoms with Gasteiger partial charge in [0.25, 0.3) is 0 Å². The van der Waals surface area contributed by atoms with Crippen LogP contribution in [-0.4, -0.2) is 26.2 Å². The highest BCUT2D eigenvalue weighted by atomic mass is 35.5. The lowest BCUT2D eigenvalue weighted by Crippen LogP contribution is -2.12. The van der Waals surface area contributed by atoms with Crippen molar-refractivity contribution >= 4 is 34.3 Å². The lowest BCUT2D eigenvalue weighted by atomic mass is 10.1. The van der Waals surface area contributed by atoms with Crippen LogP contribution >= 0.6 is 11.6 Å². The van der Waals surface area contributed by atoms with Crippen LogP contribution in [0.25, 0.3) is 10.8 Å². The summed E-state index contributed by atoms with van der Waals surface area (Å²) in [7, 11) is 2.85. The van der Waals surface area contributed by atoms with Crippen molar-refractivity contribution < 1.29 is 28.5 Å². The number of halogens is 1. The normalized spacial score (nSPS) is 10.7. The highest BCUT2D eigenvalue weighted by Crippen LogP contribution is 2.51. The topological polar surface area (TPSA) is 71.1 Å². The Bertz CT molecular complexity index is 1130. The van der Waals surface area contributed by atoms with Crippen molar-refractivity contribution in [3.63, 3.8) is 0 Å². The number of benzene rings is 3. The number of hydrogen-bond donors (Lipinski definition) is 0. The minimum Gasteiger partial charge on any atom is -0.490 e. The van der Waals surface area contributed by atoms with Gasteiger partial charge in [0.05, 0.1) is 19.8 Å². The first-order valence-corrected chi connectivity index (χ1v) is 11.2. The van der Waals surface area contributed by atoms with Gasteiger partial charge in [0.2, 0.25) is 11.5 Å². The quantitative estimate of drug-likeness (QED) is 0.189.